The first-order chi connectivity index (χ1) is 7.70. The fourth-order valence-corrected chi connectivity index (χ4v) is 1.35. The predicted molar refractivity (Wildman–Crippen MR) is 45.7 cm³/mol. The smallest absolute Gasteiger partial charge is 0.393 e. The van der Waals surface area contributed by atoms with E-state index in [9.17, 15) is 30.7 Å². The van der Waals surface area contributed by atoms with Crippen LogP contribution >= 0.6 is 0 Å². The van der Waals surface area contributed by atoms with E-state index in [2.05, 4.69) is 4.18 Å². The standard InChI is InChI=1S/C8H5F5O3S/c9-5-1-2-6(16-17(14)15)7(10)4(5)3-8(11,12)13/h1-2H,3H2,(H,14,15)/p-1. The molecule has 0 bridgehead atoms. The summed E-state index contributed by atoms with van der Waals surface area (Å²) in [5.74, 6) is -4.10. The van der Waals surface area contributed by atoms with Crippen LogP contribution in [0.1, 0.15) is 5.56 Å². The molecule has 3 nitrogen and oxygen atoms in total. The highest BCUT2D eigenvalue weighted by Gasteiger charge is 2.32. The van der Waals surface area contributed by atoms with Gasteiger partial charge in [0.15, 0.2) is 11.6 Å². The van der Waals surface area contributed by atoms with E-state index in [1.807, 2.05) is 0 Å². The Bertz CT molecular complexity index is 446. The molecule has 96 valence electrons. The van der Waals surface area contributed by atoms with Gasteiger partial charge in [-0.1, -0.05) is 0 Å². The van der Waals surface area contributed by atoms with Crippen LogP contribution in [0.15, 0.2) is 12.1 Å². The first kappa shape index (κ1) is 13.8. The maximum atomic E-state index is 13.3. The minimum Gasteiger partial charge on any atom is -0.740 e. The molecular weight excluding hydrogens is 271 g/mol. The largest absolute Gasteiger partial charge is 0.740 e. The van der Waals surface area contributed by atoms with Gasteiger partial charge < -0.3 is 8.74 Å². The number of hydrogen-bond donors (Lipinski definition) is 0. The molecule has 0 radical (unpaired) electrons. The second kappa shape index (κ2) is 4.96. The molecule has 0 fully saturated rings. The number of hydrogen-bond acceptors (Lipinski definition) is 3. The van der Waals surface area contributed by atoms with Crippen molar-refractivity contribution in [2.45, 2.75) is 12.6 Å². The molecule has 0 aliphatic heterocycles. The zero-order valence-electron chi connectivity index (χ0n) is 7.88. The molecule has 0 aliphatic rings. The van der Waals surface area contributed by atoms with Crippen LogP contribution < -0.4 is 4.18 Å². The third-order valence-corrected chi connectivity index (χ3v) is 2.00. The van der Waals surface area contributed by atoms with E-state index in [-0.39, 0.29) is 0 Å². The molecule has 1 atom stereocenters. The van der Waals surface area contributed by atoms with E-state index in [1.54, 1.807) is 0 Å². The van der Waals surface area contributed by atoms with Crippen molar-refractivity contribution in [2.75, 3.05) is 0 Å². The fraction of sp³-hybridized carbons (Fsp3) is 0.250. The van der Waals surface area contributed by atoms with Crippen molar-refractivity contribution in [1.82, 2.24) is 0 Å². The van der Waals surface area contributed by atoms with Gasteiger partial charge in [-0.25, -0.2) is 13.0 Å². The van der Waals surface area contributed by atoms with E-state index >= 15 is 0 Å². The Morgan fingerprint density at radius 3 is 2.35 bits per heavy atom. The van der Waals surface area contributed by atoms with Crippen molar-refractivity contribution < 1.29 is 34.9 Å². The molecule has 0 saturated carbocycles. The zero-order chi connectivity index (χ0) is 13.2. The minimum absolute atomic E-state index is 0.492. The number of alkyl halides is 3. The number of benzene rings is 1. The molecule has 0 amide bonds. The summed E-state index contributed by atoms with van der Waals surface area (Å²) in [6.07, 6.45) is -6.68. The molecule has 1 aromatic rings. The number of halogens is 5. The molecule has 17 heavy (non-hydrogen) atoms. The molecular formula is C8H4F5O3S-. The Kier molecular flexibility index (Phi) is 4.04. The van der Waals surface area contributed by atoms with Crippen LogP contribution in [-0.2, 0) is 17.8 Å². The van der Waals surface area contributed by atoms with Crippen molar-refractivity contribution in [1.29, 1.82) is 0 Å². The van der Waals surface area contributed by atoms with E-state index in [0.29, 0.717) is 12.1 Å². The Labute approximate surface area is 94.7 Å². The fourth-order valence-electron chi connectivity index (χ4n) is 1.08. The van der Waals surface area contributed by atoms with Gasteiger partial charge in [-0.3, -0.25) is 0 Å². The summed E-state index contributed by atoms with van der Waals surface area (Å²) in [6.45, 7) is 0. The van der Waals surface area contributed by atoms with Gasteiger partial charge in [0.1, 0.15) is 17.2 Å². The Hall–Kier alpha value is -1.22. The van der Waals surface area contributed by atoms with Gasteiger partial charge in [-0.15, -0.1) is 0 Å². The van der Waals surface area contributed by atoms with E-state index in [4.69, 9.17) is 0 Å². The molecule has 1 unspecified atom stereocenters. The molecule has 1 aromatic carbocycles. The molecule has 0 N–H and O–H groups in total. The predicted octanol–water partition coefficient (Wildman–Crippen LogP) is 2.24. The topological polar surface area (TPSA) is 49.4 Å². The molecule has 0 spiro atoms. The van der Waals surface area contributed by atoms with Crippen LogP contribution in [0.3, 0.4) is 0 Å². The first-order valence-corrected chi connectivity index (χ1v) is 5.02. The van der Waals surface area contributed by atoms with Crippen molar-refractivity contribution in [3.05, 3.63) is 29.3 Å². The normalized spacial score (nSPS) is 13.5. The summed E-state index contributed by atoms with van der Waals surface area (Å²) in [7, 11) is 0. The number of rotatable bonds is 3. The highest BCUT2D eigenvalue weighted by atomic mass is 32.2. The van der Waals surface area contributed by atoms with Gasteiger partial charge in [0.05, 0.1) is 6.42 Å². The molecule has 0 aromatic heterocycles. The van der Waals surface area contributed by atoms with Gasteiger partial charge >= 0.3 is 6.18 Å². The molecule has 1 rings (SSSR count). The highest BCUT2D eigenvalue weighted by Crippen LogP contribution is 2.29. The monoisotopic (exact) mass is 275 g/mol. The van der Waals surface area contributed by atoms with Gasteiger partial charge in [0.25, 0.3) is 0 Å². The summed E-state index contributed by atoms with van der Waals surface area (Å²) in [5.41, 5.74) is -1.29. The van der Waals surface area contributed by atoms with Crippen molar-refractivity contribution in [3.8, 4) is 5.75 Å². The van der Waals surface area contributed by atoms with Crippen LogP contribution in [0, 0.1) is 11.6 Å². The van der Waals surface area contributed by atoms with Crippen LogP contribution in [0.5, 0.6) is 5.75 Å². The average Bonchev–Trinajstić information content (AvgIpc) is 2.15. The summed E-state index contributed by atoms with van der Waals surface area (Å²) in [6, 6.07) is 1.08. The summed E-state index contributed by atoms with van der Waals surface area (Å²) >= 11 is -3.16. The maximum absolute atomic E-state index is 13.3. The molecule has 0 saturated heterocycles. The maximum Gasteiger partial charge on any atom is 0.393 e. The van der Waals surface area contributed by atoms with Crippen LogP contribution in [0.4, 0.5) is 22.0 Å². The van der Waals surface area contributed by atoms with E-state index in [1.165, 1.54) is 0 Å². The van der Waals surface area contributed by atoms with Gasteiger partial charge in [-0.05, 0) is 12.1 Å². The second-order valence-corrected chi connectivity index (χ2v) is 3.49. The Morgan fingerprint density at radius 2 is 1.88 bits per heavy atom. The third kappa shape index (κ3) is 3.93. The highest BCUT2D eigenvalue weighted by molar-refractivity contribution is 7.74. The van der Waals surface area contributed by atoms with Crippen LogP contribution in [0.2, 0.25) is 0 Å². The first-order valence-electron chi connectivity index (χ1n) is 4.02. The summed E-state index contributed by atoms with van der Waals surface area (Å²) < 4.78 is 86.3. The lowest BCUT2D eigenvalue weighted by molar-refractivity contribution is -0.128. The lowest BCUT2D eigenvalue weighted by Crippen LogP contribution is -2.15. The quantitative estimate of drug-likeness (QED) is 0.628. The van der Waals surface area contributed by atoms with Crippen molar-refractivity contribution >= 4 is 11.4 Å². The van der Waals surface area contributed by atoms with Gasteiger partial charge in [-0.2, -0.15) is 13.2 Å². The van der Waals surface area contributed by atoms with E-state index in [0.717, 1.165) is 0 Å². The van der Waals surface area contributed by atoms with Crippen molar-refractivity contribution in [3.63, 3.8) is 0 Å². The molecule has 0 heterocycles. The third-order valence-electron chi connectivity index (χ3n) is 1.69. The molecule has 9 heteroatoms. The lowest BCUT2D eigenvalue weighted by Gasteiger charge is -2.12. The average molecular weight is 275 g/mol. The second-order valence-electron chi connectivity index (χ2n) is 2.92. The Morgan fingerprint density at radius 1 is 1.29 bits per heavy atom. The van der Waals surface area contributed by atoms with Gasteiger partial charge in [0.2, 0.25) is 0 Å². The summed E-state index contributed by atoms with van der Waals surface area (Å²) in [5, 5.41) is 0. The van der Waals surface area contributed by atoms with Crippen LogP contribution in [-0.4, -0.2) is 14.9 Å². The Balaban J connectivity index is 3.15. The van der Waals surface area contributed by atoms with Crippen LogP contribution in [0.25, 0.3) is 0 Å². The minimum atomic E-state index is -4.82. The SMILES string of the molecule is O=S([O-])Oc1ccc(F)c(CC(F)(F)F)c1F. The van der Waals surface area contributed by atoms with E-state index < -0.39 is 46.9 Å². The van der Waals surface area contributed by atoms with Crippen molar-refractivity contribution in [2.24, 2.45) is 0 Å². The van der Waals surface area contributed by atoms with Gasteiger partial charge in [0, 0.05) is 5.56 Å². The molecule has 0 aliphatic carbocycles. The lowest BCUT2D eigenvalue weighted by atomic mass is 10.1. The summed E-state index contributed by atoms with van der Waals surface area (Å²) in [4.78, 5) is 0. The zero-order valence-corrected chi connectivity index (χ0v) is 8.70.